The third kappa shape index (κ3) is 4.18. The van der Waals surface area contributed by atoms with Gasteiger partial charge in [0.1, 0.15) is 11.4 Å². The molecule has 0 radical (unpaired) electrons. The van der Waals surface area contributed by atoms with Crippen molar-refractivity contribution in [2.75, 3.05) is 25.1 Å². The number of phenolic OH excluding ortho intramolecular Hbond substituents is 1. The van der Waals surface area contributed by atoms with Crippen LogP contribution in [-0.4, -0.2) is 57.6 Å². The first kappa shape index (κ1) is 20.0. The summed E-state index contributed by atoms with van der Waals surface area (Å²) in [6.45, 7) is 6.03. The molecule has 3 aromatic rings. The van der Waals surface area contributed by atoms with E-state index in [1.54, 1.807) is 25.6 Å². The number of pyridine rings is 1. The lowest BCUT2D eigenvalue weighted by atomic mass is 10.0. The van der Waals surface area contributed by atoms with E-state index in [2.05, 4.69) is 44.2 Å². The highest BCUT2D eigenvalue weighted by Gasteiger charge is 2.24. The second-order valence-corrected chi connectivity index (χ2v) is 7.54. The number of hydrogen-bond donors (Lipinski definition) is 2. The van der Waals surface area contributed by atoms with Crippen molar-refractivity contribution in [2.24, 2.45) is 0 Å². The molecule has 4 rings (SSSR count). The molecule has 0 bridgehead atoms. The van der Waals surface area contributed by atoms with Crippen LogP contribution in [0.4, 0.5) is 5.95 Å². The van der Waals surface area contributed by atoms with E-state index in [4.69, 9.17) is 4.74 Å². The highest BCUT2D eigenvalue weighted by atomic mass is 16.5. The van der Waals surface area contributed by atoms with Crippen LogP contribution in [0.5, 0.6) is 11.6 Å². The van der Waals surface area contributed by atoms with E-state index in [1.807, 2.05) is 24.3 Å². The van der Waals surface area contributed by atoms with Gasteiger partial charge in [-0.15, -0.1) is 10.2 Å². The second kappa shape index (κ2) is 8.62. The summed E-state index contributed by atoms with van der Waals surface area (Å²) in [5.74, 6) is 1.26. The molecule has 0 spiro atoms. The minimum atomic E-state index is 0.119. The average molecular weight is 406 g/mol. The smallest absolute Gasteiger partial charge is 0.245 e. The van der Waals surface area contributed by atoms with E-state index in [0.29, 0.717) is 35.2 Å². The number of ether oxygens (including phenoxy) is 1. The molecule has 2 aromatic heterocycles. The third-order valence-corrected chi connectivity index (χ3v) is 5.33. The van der Waals surface area contributed by atoms with Gasteiger partial charge in [-0.05, 0) is 42.7 Å². The molecule has 2 atom stereocenters. The number of anilines is 1. The van der Waals surface area contributed by atoms with E-state index in [0.717, 1.165) is 30.6 Å². The molecule has 0 amide bonds. The van der Waals surface area contributed by atoms with Crippen molar-refractivity contribution in [2.45, 2.75) is 32.4 Å². The first-order valence-corrected chi connectivity index (χ1v) is 10.1. The minimum absolute atomic E-state index is 0.119. The molecule has 1 aliphatic heterocycles. The molecular weight excluding hydrogens is 380 g/mol. The maximum atomic E-state index is 10.6. The van der Waals surface area contributed by atoms with Crippen molar-refractivity contribution in [3.05, 3.63) is 42.7 Å². The number of piperazine rings is 1. The summed E-state index contributed by atoms with van der Waals surface area (Å²) in [5, 5.41) is 22.8. The van der Waals surface area contributed by atoms with Gasteiger partial charge in [0.2, 0.25) is 11.8 Å². The summed E-state index contributed by atoms with van der Waals surface area (Å²) < 4.78 is 5.17. The average Bonchev–Trinajstić information content (AvgIpc) is 2.78. The Hall–Kier alpha value is -3.26. The van der Waals surface area contributed by atoms with E-state index in [-0.39, 0.29) is 5.75 Å². The van der Waals surface area contributed by atoms with Crippen molar-refractivity contribution in [1.29, 1.82) is 0 Å². The molecule has 8 heteroatoms. The Morgan fingerprint density at radius 1 is 1.13 bits per heavy atom. The van der Waals surface area contributed by atoms with Crippen LogP contribution in [-0.2, 0) is 0 Å². The molecule has 2 N–H and O–H groups in total. The number of aromatic nitrogens is 4. The lowest BCUT2D eigenvalue weighted by Crippen LogP contribution is -2.55. The maximum absolute atomic E-state index is 10.6. The zero-order chi connectivity index (χ0) is 21.1. The van der Waals surface area contributed by atoms with Crippen LogP contribution in [0, 0.1) is 0 Å². The Morgan fingerprint density at radius 2 is 1.97 bits per heavy atom. The van der Waals surface area contributed by atoms with Gasteiger partial charge in [-0.25, -0.2) is 9.97 Å². The van der Waals surface area contributed by atoms with Crippen LogP contribution in [0.3, 0.4) is 0 Å². The summed E-state index contributed by atoms with van der Waals surface area (Å²) in [7, 11) is 1.57. The van der Waals surface area contributed by atoms with Gasteiger partial charge in [0, 0.05) is 43.0 Å². The summed E-state index contributed by atoms with van der Waals surface area (Å²) in [6.07, 6.45) is 4.39. The van der Waals surface area contributed by atoms with Crippen LogP contribution in [0.1, 0.15) is 20.3 Å². The Labute approximate surface area is 176 Å². The Morgan fingerprint density at radius 3 is 2.67 bits per heavy atom. The van der Waals surface area contributed by atoms with Gasteiger partial charge in [0.05, 0.1) is 13.3 Å². The molecule has 1 aliphatic rings. The van der Waals surface area contributed by atoms with Crippen molar-refractivity contribution >= 4 is 5.95 Å². The van der Waals surface area contributed by atoms with Crippen LogP contribution in [0.25, 0.3) is 22.4 Å². The van der Waals surface area contributed by atoms with Gasteiger partial charge in [-0.3, -0.25) is 0 Å². The Bertz CT molecular complexity index is 1010. The molecule has 3 heterocycles. The third-order valence-electron chi connectivity index (χ3n) is 5.33. The zero-order valence-corrected chi connectivity index (χ0v) is 17.4. The van der Waals surface area contributed by atoms with Gasteiger partial charge in [0.25, 0.3) is 0 Å². The fourth-order valence-corrected chi connectivity index (χ4v) is 3.76. The van der Waals surface area contributed by atoms with Crippen LogP contribution < -0.4 is 15.0 Å². The number of aromatic hydroxyl groups is 1. The number of nitrogens with zero attached hydrogens (tertiary/aromatic N) is 5. The monoisotopic (exact) mass is 406 g/mol. The molecule has 1 aromatic carbocycles. The highest BCUT2D eigenvalue weighted by molar-refractivity contribution is 5.74. The fourth-order valence-electron chi connectivity index (χ4n) is 3.76. The second-order valence-electron chi connectivity index (χ2n) is 7.54. The van der Waals surface area contributed by atoms with Crippen molar-refractivity contribution in [1.82, 2.24) is 25.5 Å². The van der Waals surface area contributed by atoms with Crippen molar-refractivity contribution in [3.63, 3.8) is 0 Å². The summed E-state index contributed by atoms with van der Waals surface area (Å²) in [5.41, 5.74) is 2.88. The molecule has 0 aliphatic carbocycles. The molecule has 0 unspecified atom stereocenters. The fraction of sp³-hybridized carbons (Fsp3) is 0.364. The van der Waals surface area contributed by atoms with Gasteiger partial charge < -0.3 is 20.1 Å². The van der Waals surface area contributed by atoms with E-state index < -0.39 is 0 Å². The molecule has 1 saturated heterocycles. The molecule has 156 valence electrons. The number of hydrogen-bond acceptors (Lipinski definition) is 8. The highest BCUT2D eigenvalue weighted by Crippen LogP contribution is 2.33. The van der Waals surface area contributed by atoms with Gasteiger partial charge in [0.15, 0.2) is 0 Å². The summed E-state index contributed by atoms with van der Waals surface area (Å²) >= 11 is 0. The number of rotatable bonds is 5. The predicted octanol–water partition coefficient (Wildman–Crippen LogP) is 2.89. The van der Waals surface area contributed by atoms with E-state index in [9.17, 15) is 5.11 Å². The largest absolute Gasteiger partial charge is 0.507 e. The predicted molar refractivity (Wildman–Crippen MR) is 116 cm³/mol. The van der Waals surface area contributed by atoms with Gasteiger partial charge in [-0.2, -0.15) is 0 Å². The maximum Gasteiger partial charge on any atom is 0.245 e. The van der Waals surface area contributed by atoms with Crippen LogP contribution >= 0.6 is 0 Å². The lowest BCUT2D eigenvalue weighted by molar-refractivity contribution is 0.376. The molecule has 0 saturated carbocycles. The molecule has 30 heavy (non-hydrogen) atoms. The number of nitrogens with one attached hydrogen (secondary N) is 1. The summed E-state index contributed by atoms with van der Waals surface area (Å²) in [6, 6.07) is 9.92. The van der Waals surface area contributed by atoms with Crippen LogP contribution in [0.15, 0.2) is 42.7 Å². The number of methoxy groups -OCH3 is 1. The van der Waals surface area contributed by atoms with E-state index in [1.165, 1.54) is 0 Å². The van der Waals surface area contributed by atoms with Gasteiger partial charge in [-0.1, -0.05) is 13.0 Å². The van der Waals surface area contributed by atoms with Crippen molar-refractivity contribution in [3.8, 4) is 34.0 Å². The zero-order valence-electron chi connectivity index (χ0n) is 17.4. The summed E-state index contributed by atoms with van der Waals surface area (Å²) in [4.78, 5) is 10.8. The lowest BCUT2D eigenvalue weighted by Gasteiger charge is -2.37. The first-order valence-electron chi connectivity index (χ1n) is 10.1. The SMILES string of the molecule is CC[C@H]1CN(c2ncc(-c3ccc(-c4ccnc(OC)c4)cc3O)nn2)C[C@@H](C)N1. The topological polar surface area (TPSA) is 96.3 Å². The number of phenols is 1. The van der Waals surface area contributed by atoms with E-state index >= 15 is 0 Å². The van der Waals surface area contributed by atoms with Gasteiger partial charge >= 0.3 is 0 Å². The quantitative estimate of drug-likeness (QED) is 0.668. The van der Waals surface area contributed by atoms with Crippen LogP contribution in [0.2, 0.25) is 0 Å². The normalized spacial score (nSPS) is 19.0. The first-order chi connectivity index (χ1) is 14.6. The minimum Gasteiger partial charge on any atom is -0.507 e. The molecule has 8 nitrogen and oxygen atoms in total. The Kier molecular flexibility index (Phi) is 5.76. The molecule has 1 fully saturated rings. The number of benzene rings is 1. The molecular formula is C22H26N6O2. The van der Waals surface area contributed by atoms with Crippen molar-refractivity contribution < 1.29 is 9.84 Å². The Balaban J connectivity index is 1.55. The standard InChI is InChI=1S/C22H26N6O2/c1-4-17-13-28(12-14(2)25-17)22-24-11-19(26-27-22)18-6-5-15(9-20(18)29)16-7-8-23-21(10-16)30-3/h5-11,14,17,25,29H,4,12-13H2,1-3H3/t14-,17+/m1/s1.